The molecule has 4 unspecified atom stereocenters. The molecule has 218 valence electrons. The first-order chi connectivity index (χ1) is 18.7. The van der Waals surface area contributed by atoms with E-state index in [1.54, 1.807) is 19.1 Å². The Hall–Kier alpha value is -1.90. The number of hydrogen-bond donors (Lipinski definition) is 2. The first-order valence-corrected chi connectivity index (χ1v) is 14.5. The molecular weight excluding hydrogens is 512 g/mol. The van der Waals surface area contributed by atoms with Crippen LogP contribution in [0, 0.1) is 35.3 Å². The highest BCUT2D eigenvalue weighted by Gasteiger charge is 2.40. The Morgan fingerprint density at radius 3 is 2.18 bits per heavy atom. The smallest absolute Gasteiger partial charge is 0.200 e. The summed E-state index contributed by atoms with van der Waals surface area (Å²) in [7, 11) is 0. The number of ether oxygens (including phenoxy) is 2. The van der Waals surface area contributed by atoms with Crippen LogP contribution in [-0.4, -0.2) is 35.3 Å². The zero-order chi connectivity index (χ0) is 28.1. The average molecular weight is 555 g/mol. The van der Waals surface area contributed by atoms with Crippen LogP contribution < -0.4 is 4.74 Å². The van der Waals surface area contributed by atoms with Gasteiger partial charge in [0.15, 0.2) is 23.7 Å². The Morgan fingerprint density at radius 2 is 1.54 bits per heavy atom. The SMILES string of the molecule is C=CCCOc1ccc(C2CCC(C(O)OC3CCC(C4CCC(C(C)O)CC4)C(F)=C3F)CC2)c(F)c1F. The molecule has 4 nitrogen and oxygen atoms in total. The van der Waals surface area contributed by atoms with E-state index in [1.807, 2.05) is 0 Å². The van der Waals surface area contributed by atoms with Gasteiger partial charge in [0.2, 0.25) is 5.82 Å². The number of aliphatic hydroxyl groups excluding tert-OH is 2. The molecule has 4 atom stereocenters. The number of halogens is 4. The molecule has 0 aromatic heterocycles. The summed E-state index contributed by atoms with van der Waals surface area (Å²) in [5.74, 6) is -4.39. The van der Waals surface area contributed by atoms with Crippen molar-refractivity contribution < 1.29 is 37.2 Å². The Morgan fingerprint density at radius 1 is 0.872 bits per heavy atom. The molecule has 3 aliphatic carbocycles. The Balaban J connectivity index is 1.29. The molecule has 0 spiro atoms. The molecule has 0 bridgehead atoms. The van der Waals surface area contributed by atoms with Crippen molar-refractivity contribution >= 4 is 0 Å². The van der Waals surface area contributed by atoms with Gasteiger partial charge in [0, 0.05) is 11.8 Å². The molecule has 2 fully saturated rings. The van der Waals surface area contributed by atoms with Gasteiger partial charge in [-0.05, 0) is 107 Å². The fraction of sp³-hybridized carbons (Fsp3) is 0.677. The first-order valence-electron chi connectivity index (χ1n) is 14.5. The van der Waals surface area contributed by atoms with Gasteiger partial charge < -0.3 is 19.7 Å². The summed E-state index contributed by atoms with van der Waals surface area (Å²) in [6.07, 6.45) is 5.41. The third-order valence-corrected chi connectivity index (χ3v) is 9.22. The maximum absolute atomic E-state index is 15.1. The highest BCUT2D eigenvalue weighted by molar-refractivity contribution is 5.33. The minimum Gasteiger partial charge on any atom is -0.490 e. The van der Waals surface area contributed by atoms with E-state index in [2.05, 4.69) is 6.58 Å². The highest BCUT2D eigenvalue weighted by atomic mass is 19.2. The molecule has 39 heavy (non-hydrogen) atoms. The molecule has 0 aliphatic heterocycles. The standard InChI is InChI=1S/C31H42F4O4/c1-3-4-17-38-25-15-13-23(27(32)29(25)34)21-9-11-22(12-10-21)31(37)39-26-16-14-24(28(33)30(26)35)20-7-5-19(6-8-20)18(2)36/h3,13,15,18-22,24,26,31,36-37H,1,4-12,14,16-17H2,2H3. The maximum atomic E-state index is 15.1. The van der Waals surface area contributed by atoms with Gasteiger partial charge in [-0.3, -0.25) is 0 Å². The topological polar surface area (TPSA) is 58.9 Å². The van der Waals surface area contributed by atoms with Crippen LogP contribution in [0.5, 0.6) is 5.75 Å². The number of benzene rings is 1. The van der Waals surface area contributed by atoms with Gasteiger partial charge >= 0.3 is 0 Å². The Kier molecular flexibility index (Phi) is 10.5. The van der Waals surface area contributed by atoms with Crippen molar-refractivity contribution in [1.29, 1.82) is 0 Å². The Labute approximate surface area is 229 Å². The summed E-state index contributed by atoms with van der Waals surface area (Å²) in [4.78, 5) is 0. The second kappa shape index (κ2) is 13.6. The average Bonchev–Trinajstić information content (AvgIpc) is 2.94. The van der Waals surface area contributed by atoms with Gasteiger partial charge in [-0.2, -0.15) is 4.39 Å². The molecule has 0 amide bonds. The predicted octanol–water partition coefficient (Wildman–Crippen LogP) is 7.64. The molecule has 2 saturated carbocycles. The van der Waals surface area contributed by atoms with Crippen LogP contribution in [-0.2, 0) is 4.74 Å². The van der Waals surface area contributed by atoms with Gasteiger partial charge in [0.1, 0.15) is 11.9 Å². The lowest BCUT2D eigenvalue weighted by molar-refractivity contribution is -0.171. The third kappa shape index (κ3) is 7.06. The van der Waals surface area contributed by atoms with Gasteiger partial charge in [0.05, 0.1) is 12.7 Å². The van der Waals surface area contributed by atoms with Crippen molar-refractivity contribution in [2.75, 3.05) is 6.61 Å². The quantitative estimate of drug-likeness (QED) is 0.135. The van der Waals surface area contributed by atoms with E-state index < -0.39 is 41.6 Å². The largest absolute Gasteiger partial charge is 0.490 e. The monoisotopic (exact) mass is 554 g/mol. The molecule has 8 heteroatoms. The lowest BCUT2D eigenvalue weighted by Gasteiger charge is -2.38. The lowest BCUT2D eigenvalue weighted by atomic mass is 9.71. The molecule has 0 saturated heterocycles. The van der Waals surface area contributed by atoms with E-state index in [9.17, 15) is 19.0 Å². The molecule has 0 radical (unpaired) electrons. The van der Waals surface area contributed by atoms with Gasteiger partial charge in [-0.1, -0.05) is 12.1 Å². The van der Waals surface area contributed by atoms with Crippen LogP contribution in [0.4, 0.5) is 17.6 Å². The Bertz CT molecular complexity index is 997. The molecule has 1 aromatic rings. The normalized spacial score (nSPS) is 31.6. The fourth-order valence-electron chi connectivity index (χ4n) is 6.74. The molecule has 3 aliphatic rings. The second-order valence-corrected chi connectivity index (χ2v) is 11.6. The summed E-state index contributed by atoms with van der Waals surface area (Å²) in [5, 5.41) is 20.5. The van der Waals surface area contributed by atoms with Crippen LogP contribution in [0.2, 0.25) is 0 Å². The molecule has 0 heterocycles. The van der Waals surface area contributed by atoms with E-state index in [4.69, 9.17) is 9.47 Å². The van der Waals surface area contributed by atoms with Gasteiger partial charge in [0.25, 0.3) is 0 Å². The van der Waals surface area contributed by atoms with Crippen molar-refractivity contribution in [3.63, 3.8) is 0 Å². The van der Waals surface area contributed by atoms with E-state index >= 15 is 8.78 Å². The van der Waals surface area contributed by atoms with Crippen LogP contribution in [0.3, 0.4) is 0 Å². The molecule has 2 N–H and O–H groups in total. The predicted molar refractivity (Wildman–Crippen MR) is 141 cm³/mol. The summed E-state index contributed by atoms with van der Waals surface area (Å²) < 4.78 is 70.3. The van der Waals surface area contributed by atoms with Gasteiger partial charge in [-0.15, -0.1) is 6.58 Å². The molecule has 4 rings (SSSR count). The van der Waals surface area contributed by atoms with Crippen molar-refractivity contribution in [2.24, 2.45) is 23.7 Å². The van der Waals surface area contributed by atoms with E-state index in [0.29, 0.717) is 44.9 Å². The van der Waals surface area contributed by atoms with E-state index in [-0.39, 0.29) is 47.7 Å². The van der Waals surface area contributed by atoms with Gasteiger partial charge in [-0.25, -0.2) is 13.2 Å². The summed E-state index contributed by atoms with van der Waals surface area (Å²) in [6.45, 7) is 5.57. The fourth-order valence-corrected chi connectivity index (χ4v) is 6.74. The highest BCUT2D eigenvalue weighted by Crippen LogP contribution is 2.46. The molecular formula is C31H42F4O4. The van der Waals surface area contributed by atoms with Crippen molar-refractivity contribution in [2.45, 2.75) is 102 Å². The van der Waals surface area contributed by atoms with Crippen molar-refractivity contribution in [3.8, 4) is 5.75 Å². The second-order valence-electron chi connectivity index (χ2n) is 11.6. The minimum atomic E-state index is -1.25. The summed E-state index contributed by atoms with van der Waals surface area (Å²) >= 11 is 0. The molecule has 1 aromatic carbocycles. The number of rotatable bonds is 10. The lowest BCUT2D eigenvalue weighted by Crippen LogP contribution is -2.35. The van der Waals surface area contributed by atoms with Crippen molar-refractivity contribution in [1.82, 2.24) is 0 Å². The van der Waals surface area contributed by atoms with Crippen LogP contribution in [0.25, 0.3) is 0 Å². The van der Waals surface area contributed by atoms with Crippen molar-refractivity contribution in [3.05, 3.63) is 53.6 Å². The number of hydrogen-bond acceptors (Lipinski definition) is 4. The third-order valence-electron chi connectivity index (χ3n) is 9.22. The van der Waals surface area contributed by atoms with Crippen LogP contribution >= 0.6 is 0 Å². The summed E-state index contributed by atoms with van der Waals surface area (Å²) in [6, 6.07) is 3.00. The van der Waals surface area contributed by atoms with Crippen LogP contribution in [0.15, 0.2) is 36.4 Å². The summed E-state index contributed by atoms with van der Waals surface area (Å²) in [5.41, 5.74) is 0.286. The number of allylic oxidation sites excluding steroid dienone is 1. The van der Waals surface area contributed by atoms with E-state index in [0.717, 1.165) is 25.7 Å². The van der Waals surface area contributed by atoms with Crippen LogP contribution in [0.1, 0.15) is 89.0 Å². The zero-order valence-electron chi connectivity index (χ0n) is 22.8. The first kappa shape index (κ1) is 30.1. The van der Waals surface area contributed by atoms with E-state index in [1.165, 1.54) is 6.07 Å². The zero-order valence-corrected chi connectivity index (χ0v) is 22.8. The minimum absolute atomic E-state index is 0.0601. The maximum Gasteiger partial charge on any atom is 0.200 e. The number of aliphatic hydroxyl groups is 2.